The van der Waals surface area contributed by atoms with Crippen LogP contribution in [0.2, 0.25) is 0 Å². The van der Waals surface area contributed by atoms with E-state index in [2.05, 4.69) is 5.10 Å². The molecule has 0 unspecified atom stereocenters. The van der Waals surface area contributed by atoms with Gasteiger partial charge in [-0.3, -0.25) is 4.79 Å². The molecule has 1 aromatic carbocycles. The minimum absolute atomic E-state index is 0.0308. The zero-order chi connectivity index (χ0) is 11.1. The number of benzene rings is 1. The number of aromatic nitrogens is 2. The van der Waals surface area contributed by atoms with Gasteiger partial charge in [-0.1, -0.05) is 6.07 Å². The SMILES string of the molecule is Nc1ccc2cnn(CC3CC3)c(=O)c2c1. The Morgan fingerprint density at radius 2 is 2.25 bits per heavy atom. The molecule has 4 heteroatoms. The van der Waals surface area contributed by atoms with E-state index in [-0.39, 0.29) is 5.56 Å². The molecule has 0 aliphatic heterocycles. The summed E-state index contributed by atoms with van der Waals surface area (Å²) in [6.45, 7) is 0.740. The fourth-order valence-corrected chi connectivity index (χ4v) is 1.87. The summed E-state index contributed by atoms with van der Waals surface area (Å²) in [7, 11) is 0. The number of nitrogens with zero attached hydrogens (tertiary/aromatic N) is 2. The quantitative estimate of drug-likeness (QED) is 0.770. The van der Waals surface area contributed by atoms with E-state index in [1.165, 1.54) is 12.8 Å². The molecule has 1 aliphatic carbocycles. The van der Waals surface area contributed by atoms with Crippen molar-refractivity contribution in [1.82, 2.24) is 9.78 Å². The van der Waals surface area contributed by atoms with Gasteiger partial charge in [0.1, 0.15) is 0 Å². The Bertz CT molecular complexity index is 599. The lowest BCUT2D eigenvalue weighted by atomic mass is 10.2. The molecule has 0 spiro atoms. The lowest BCUT2D eigenvalue weighted by molar-refractivity contribution is 0.538. The van der Waals surface area contributed by atoms with Gasteiger partial charge in [0, 0.05) is 17.6 Å². The van der Waals surface area contributed by atoms with E-state index in [0.29, 0.717) is 17.0 Å². The Labute approximate surface area is 92.7 Å². The predicted molar refractivity (Wildman–Crippen MR) is 63.1 cm³/mol. The molecule has 1 aromatic heterocycles. The molecule has 1 heterocycles. The molecule has 2 aromatic rings. The van der Waals surface area contributed by atoms with Crippen LogP contribution in [0.15, 0.2) is 29.2 Å². The van der Waals surface area contributed by atoms with Crippen LogP contribution in [0.4, 0.5) is 5.69 Å². The highest BCUT2D eigenvalue weighted by atomic mass is 16.1. The highest BCUT2D eigenvalue weighted by Gasteiger charge is 2.22. The first-order valence-corrected chi connectivity index (χ1v) is 5.49. The van der Waals surface area contributed by atoms with Gasteiger partial charge < -0.3 is 5.73 Å². The molecule has 4 nitrogen and oxygen atoms in total. The summed E-state index contributed by atoms with van der Waals surface area (Å²) in [5.74, 6) is 0.642. The van der Waals surface area contributed by atoms with Gasteiger partial charge in [-0.15, -0.1) is 0 Å². The topological polar surface area (TPSA) is 60.9 Å². The summed E-state index contributed by atoms with van der Waals surface area (Å²) >= 11 is 0. The Morgan fingerprint density at radius 1 is 1.44 bits per heavy atom. The van der Waals surface area contributed by atoms with Gasteiger partial charge >= 0.3 is 0 Å². The zero-order valence-corrected chi connectivity index (χ0v) is 8.89. The Hall–Kier alpha value is -1.84. The summed E-state index contributed by atoms with van der Waals surface area (Å²) in [6.07, 6.45) is 4.16. The van der Waals surface area contributed by atoms with Crippen molar-refractivity contribution < 1.29 is 0 Å². The summed E-state index contributed by atoms with van der Waals surface area (Å²) in [4.78, 5) is 12.1. The molecule has 82 valence electrons. The molecule has 1 fully saturated rings. The van der Waals surface area contributed by atoms with E-state index in [9.17, 15) is 4.79 Å². The number of fused-ring (bicyclic) bond motifs is 1. The van der Waals surface area contributed by atoms with Crippen LogP contribution < -0.4 is 11.3 Å². The van der Waals surface area contributed by atoms with Crippen LogP contribution >= 0.6 is 0 Å². The van der Waals surface area contributed by atoms with Crippen molar-refractivity contribution in [2.24, 2.45) is 5.92 Å². The van der Waals surface area contributed by atoms with Crippen molar-refractivity contribution in [3.05, 3.63) is 34.7 Å². The first-order chi connectivity index (χ1) is 7.74. The number of hydrogen-bond donors (Lipinski definition) is 1. The minimum atomic E-state index is -0.0308. The van der Waals surface area contributed by atoms with Crippen molar-refractivity contribution in [2.75, 3.05) is 5.73 Å². The molecular weight excluding hydrogens is 202 g/mol. The van der Waals surface area contributed by atoms with E-state index in [1.807, 2.05) is 6.07 Å². The van der Waals surface area contributed by atoms with Crippen LogP contribution in [0.5, 0.6) is 0 Å². The third-order valence-electron chi connectivity index (χ3n) is 3.01. The molecule has 0 saturated heterocycles. The van der Waals surface area contributed by atoms with Crippen LogP contribution in [0.3, 0.4) is 0 Å². The number of rotatable bonds is 2. The number of anilines is 1. The second kappa shape index (κ2) is 3.33. The average molecular weight is 215 g/mol. The molecule has 1 aliphatic rings. The average Bonchev–Trinajstić information content (AvgIpc) is 3.07. The Kier molecular flexibility index (Phi) is 1.96. The normalized spacial score (nSPS) is 15.5. The maximum atomic E-state index is 12.1. The molecule has 0 bridgehead atoms. The van der Waals surface area contributed by atoms with Gasteiger partial charge in [-0.05, 0) is 30.9 Å². The van der Waals surface area contributed by atoms with Crippen molar-refractivity contribution in [3.63, 3.8) is 0 Å². The van der Waals surface area contributed by atoms with E-state index >= 15 is 0 Å². The van der Waals surface area contributed by atoms with Crippen LogP contribution in [0.25, 0.3) is 10.8 Å². The van der Waals surface area contributed by atoms with Gasteiger partial charge in [0.15, 0.2) is 0 Å². The molecule has 3 rings (SSSR count). The summed E-state index contributed by atoms with van der Waals surface area (Å²) in [5.41, 5.74) is 6.28. The van der Waals surface area contributed by atoms with Crippen LogP contribution in [0, 0.1) is 5.92 Å². The smallest absolute Gasteiger partial charge is 0.274 e. The highest BCUT2D eigenvalue weighted by molar-refractivity contribution is 5.83. The summed E-state index contributed by atoms with van der Waals surface area (Å²) in [6, 6.07) is 5.35. The first-order valence-electron chi connectivity index (χ1n) is 5.49. The van der Waals surface area contributed by atoms with E-state index < -0.39 is 0 Å². The third-order valence-corrected chi connectivity index (χ3v) is 3.01. The van der Waals surface area contributed by atoms with Crippen molar-refractivity contribution in [1.29, 1.82) is 0 Å². The molecular formula is C12H13N3O. The van der Waals surface area contributed by atoms with Gasteiger partial charge in [0.2, 0.25) is 0 Å². The fraction of sp³-hybridized carbons (Fsp3) is 0.333. The van der Waals surface area contributed by atoms with E-state index in [4.69, 9.17) is 5.73 Å². The van der Waals surface area contributed by atoms with Crippen LogP contribution in [-0.4, -0.2) is 9.78 Å². The zero-order valence-electron chi connectivity index (χ0n) is 8.89. The summed E-state index contributed by atoms with van der Waals surface area (Å²) < 4.78 is 1.56. The molecule has 1 saturated carbocycles. The second-order valence-corrected chi connectivity index (χ2v) is 4.42. The first kappa shape index (κ1) is 9.39. The van der Waals surface area contributed by atoms with Gasteiger partial charge in [-0.25, -0.2) is 4.68 Å². The molecule has 0 radical (unpaired) electrons. The standard InChI is InChI=1S/C12H13N3O/c13-10-4-3-9-6-14-15(7-8-1-2-8)12(16)11(9)5-10/h3-6,8H,1-2,7,13H2. The van der Waals surface area contributed by atoms with Gasteiger partial charge in [0.05, 0.1) is 11.6 Å². The number of hydrogen-bond acceptors (Lipinski definition) is 3. The maximum absolute atomic E-state index is 12.1. The lowest BCUT2D eigenvalue weighted by Gasteiger charge is -2.05. The van der Waals surface area contributed by atoms with Crippen molar-refractivity contribution >= 4 is 16.5 Å². The fourth-order valence-electron chi connectivity index (χ4n) is 1.87. The monoisotopic (exact) mass is 215 g/mol. The van der Waals surface area contributed by atoms with Crippen LogP contribution in [0.1, 0.15) is 12.8 Å². The maximum Gasteiger partial charge on any atom is 0.274 e. The number of nitrogen functional groups attached to an aromatic ring is 1. The second-order valence-electron chi connectivity index (χ2n) is 4.42. The van der Waals surface area contributed by atoms with E-state index in [1.54, 1.807) is 23.0 Å². The van der Waals surface area contributed by atoms with Gasteiger partial charge in [-0.2, -0.15) is 5.10 Å². The minimum Gasteiger partial charge on any atom is -0.399 e. The third kappa shape index (κ3) is 1.56. The van der Waals surface area contributed by atoms with Crippen molar-refractivity contribution in [3.8, 4) is 0 Å². The Morgan fingerprint density at radius 3 is 3.00 bits per heavy atom. The predicted octanol–water partition coefficient (Wildman–Crippen LogP) is 1.39. The highest BCUT2D eigenvalue weighted by Crippen LogP contribution is 2.29. The van der Waals surface area contributed by atoms with Gasteiger partial charge in [0.25, 0.3) is 5.56 Å². The largest absolute Gasteiger partial charge is 0.399 e. The van der Waals surface area contributed by atoms with Crippen LogP contribution in [-0.2, 0) is 6.54 Å². The van der Waals surface area contributed by atoms with E-state index in [0.717, 1.165) is 11.9 Å². The molecule has 0 amide bonds. The molecule has 0 atom stereocenters. The Balaban J connectivity index is 2.17. The molecule has 16 heavy (non-hydrogen) atoms. The lowest BCUT2D eigenvalue weighted by Crippen LogP contribution is -2.23. The van der Waals surface area contributed by atoms with Crippen molar-refractivity contribution in [2.45, 2.75) is 19.4 Å². The summed E-state index contributed by atoms with van der Waals surface area (Å²) in [5, 5.41) is 5.70. The number of nitrogens with two attached hydrogens (primary N) is 1. The molecule has 2 N–H and O–H groups in total.